The molecule has 0 radical (unpaired) electrons. The van der Waals surface area contributed by atoms with Crippen LogP contribution in [0.3, 0.4) is 0 Å². The summed E-state index contributed by atoms with van der Waals surface area (Å²) in [5.41, 5.74) is 2.02. The van der Waals surface area contributed by atoms with Gasteiger partial charge in [-0.15, -0.1) is 0 Å². The fourth-order valence-electron chi connectivity index (χ4n) is 1.83. The van der Waals surface area contributed by atoms with Crippen LogP contribution in [-0.2, 0) is 6.54 Å². The van der Waals surface area contributed by atoms with Crippen LogP contribution in [0.2, 0.25) is 0 Å². The van der Waals surface area contributed by atoms with Gasteiger partial charge in [0.2, 0.25) is 0 Å². The number of hydrogen-bond acceptors (Lipinski definition) is 1. The van der Waals surface area contributed by atoms with Crippen LogP contribution in [0, 0.1) is 18.6 Å². The Hall–Kier alpha value is -2.43. The Labute approximate surface area is 122 Å². The van der Waals surface area contributed by atoms with Crippen molar-refractivity contribution in [1.82, 2.24) is 4.90 Å². The van der Waals surface area contributed by atoms with E-state index in [-0.39, 0.29) is 18.1 Å². The van der Waals surface area contributed by atoms with Crippen molar-refractivity contribution in [3.63, 3.8) is 0 Å². The third-order valence-corrected chi connectivity index (χ3v) is 3.07. The molecule has 0 aliphatic heterocycles. The van der Waals surface area contributed by atoms with Crippen LogP contribution in [0.25, 0.3) is 0 Å². The van der Waals surface area contributed by atoms with Gasteiger partial charge in [-0.1, -0.05) is 23.8 Å². The van der Waals surface area contributed by atoms with Crippen LogP contribution in [0.1, 0.15) is 11.1 Å². The molecule has 0 spiro atoms. The predicted octanol–water partition coefficient (Wildman–Crippen LogP) is 3.94. The van der Waals surface area contributed by atoms with Crippen molar-refractivity contribution in [3.05, 3.63) is 65.2 Å². The molecule has 0 aliphatic rings. The molecular formula is C16H16F2N2O. The number of hydrogen-bond donors (Lipinski definition) is 1. The van der Waals surface area contributed by atoms with Crippen molar-refractivity contribution >= 4 is 11.7 Å². The molecule has 0 bridgehead atoms. The highest BCUT2D eigenvalue weighted by Gasteiger charge is 2.12. The molecule has 5 heteroatoms. The summed E-state index contributed by atoms with van der Waals surface area (Å²) in [6.07, 6.45) is 0. The molecule has 110 valence electrons. The molecule has 2 rings (SSSR count). The van der Waals surface area contributed by atoms with Gasteiger partial charge >= 0.3 is 6.03 Å². The molecule has 0 saturated heterocycles. The Bertz CT molecular complexity index is 641. The monoisotopic (exact) mass is 290 g/mol. The SMILES string of the molecule is Cc1ccc(NC(=O)N(C)Cc2ccc(F)cc2F)cc1. The predicted molar refractivity (Wildman–Crippen MR) is 78.0 cm³/mol. The number of amides is 2. The minimum absolute atomic E-state index is 0.0593. The highest BCUT2D eigenvalue weighted by atomic mass is 19.1. The summed E-state index contributed by atoms with van der Waals surface area (Å²) in [5.74, 6) is -1.30. The maximum absolute atomic E-state index is 13.5. The Balaban J connectivity index is 2.00. The van der Waals surface area contributed by atoms with Gasteiger partial charge in [-0.25, -0.2) is 13.6 Å². The summed E-state index contributed by atoms with van der Waals surface area (Å²) in [4.78, 5) is 13.3. The first kappa shape index (κ1) is 15.0. The summed E-state index contributed by atoms with van der Waals surface area (Å²) in [5, 5.41) is 2.71. The number of benzene rings is 2. The molecule has 2 aromatic rings. The smallest absolute Gasteiger partial charge is 0.321 e. The second kappa shape index (κ2) is 6.35. The highest BCUT2D eigenvalue weighted by molar-refractivity contribution is 5.89. The van der Waals surface area contributed by atoms with E-state index in [2.05, 4.69) is 5.32 Å². The summed E-state index contributed by atoms with van der Waals surface area (Å²) in [7, 11) is 1.55. The van der Waals surface area contributed by atoms with Crippen molar-refractivity contribution < 1.29 is 13.6 Å². The van der Waals surface area contributed by atoms with E-state index in [1.54, 1.807) is 19.2 Å². The maximum atomic E-state index is 13.5. The molecule has 0 fully saturated rings. The van der Waals surface area contributed by atoms with Crippen molar-refractivity contribution in [2.45, 2.75) is 13.5 Å². The normalized spacial score (nSPS) is 10.3. The lowest BCUT2D eigenvalue weighted by molar-refractivity contribution is 0.220. The van der Waals surface area contributed by atoms with E-state index in [9.17, 15) is 13.6 Å². The minimum Gasteiger partial charge on any atom is -0.323 e. The van der Waals surface area contributed by atoms with Gasteiger partial charge in [0.05, 0.1) is 0 Å². The van der Waals surface area contributed by atoms with Gasteiger partial charge in [-0.3, -0.25) is 0 Å². The quantitative estimate of drug-likeness (QED) is 0.912. The first-order chi connectivity index (χ1) is 9.95. The molecule has 0 heterocycles. The Morgan fingerprint density at radius 3 is 2.43 bits per heavy atom. The number of rotatable bonds is 3. The lowest BCUT2D eigenvalue weighted by atomic mass is 10.2. The molecule has 1 N–H and O–H groups in total. The summed E-state index contributed by atoms with van der Waals surface area (Å²) < 4.78 is 26.4. The van der Waals surface area contributed by atoms with Crippen molar-refractivity contribution in [1.29, 1.82) is 0 Å². The average Bonchev–Trinajstić information content (AvgIpc) is 2.44. The van der Waals surface area contributed by atoms with E-state index in [0.717, 1.165) is 11.6 Å². The molecule has 0 atom stereocenters. The zero-order valence-corrected chi connectivity index (χ0v) is 11.9. The largest absolute Gasteiger partial charge is 0.323 e. The number of anilines is 1. The lowest BCUT2D eigenvalue weighted by Crippen LogP contribution is -2.31. The third kappa shape index (κ3) is 4.02. The summed E-state index contributed by atoms with van der Waals surface area (Å²) in [6, 6.07) is 10.3. The molecule has 0 unspecified atom stereocenters. The van der Waals surface area contributed by atoms with E-state index in [4.69, 9.17) is 0 Å². The summed E-state index contributed by atoms with van der Waals surface area (Å²) >= 11 is 0. The number of nitrogens with one attached hydrogen (secondary N) is 1. The first-order valence-electron chi connectivity index (χ1n) is 6.48. The Kier molecular flexibility index (Phi) is 4.52. The van der Waals surface area contributed by atoms with E-state index < -0.39 is 11.6 Å². The number of halogens is 2. The molecular weight excluding hydrogens is 274 g/mol. The molecule has 0 saturated carbocycles. The van der Waals surface area contributed by atoms with Gasteiger partial charge in [0, 0.05) is 30.9 Å². The van der Waals surface area contributed by atoms with Gasteiger partial charge in [-0.05, 0) is 25.1 Å². The van der Waals surface area contributed by atoms with Gasteiger partial charge in [0.25, 0.3) is 0 Å². The third-order valence-electron chi connectivity index (χ3n) is 3.07. The number of carbonyl (C=O) groups is 1. The number of nitrogens with zero attached hydrogens (tertiary/aromatic N) is 1. The standard InChI is InChI=1S/C16H16F2N2O/c1-11-3-7-14(8-4-11)19-16(21)20(2)10-12-5-6-13(17)9-15(12)18/h3-9H,10H2,1-2H3,(H,19,21). The van der Waals surface area contributed by atoms with E-state index in [0.29, 0.717) is 5.69 Å². The molecule has 21 heavy (non-hydrogen) atoms. The molecule has 3 nitrogen and oxygen atoms in total. The van der Waals surface area contributed by atoms with Gasteiger partial charge < -0.3 is 10.2 Å². The summed E-state index contributed by atoms with van der Waals surface area (Å²) in [6.45, 7) is 2.01. The zero-order chi connectivity index (χ0) is 15.4. The average molecular weight is 290 g/mol. The zero-order valence-electron chi connectivity index (χ0n) is 11.9. The molecule has 2 aromatic carbocycles. The Morgan fingerprint density at radius 2 is 1.81 bits per heavy atom. The highest BCUT2D eigenvalue weighted by Crippen LogP contribution is 2.13. The van der Waals surface area contributed by atoms with Crippen molar-refractivity contribution in [3.8, 4) is 0 Å². The number of carbonyl (C=O) groups excluding carboxylic acids is 1. The van der Waals surface area contributed by atoms with Crippen LogP contribution in [0.4, 0.5) is 19.3 Å². The van der Waals surface area contributed by atoms with Crippen LogP contribution in [-0.4, -0.2) is 18.0 Å². The second-order valence-electron chi connectivity index (χ2n) is 4.89. The fourth-order valence-corrected chi connectivity index (χ4v) is 1.83. The maximum Gasteiger partial charge on any atom is 0.321 e. The lowest BCUT2D eigenvalue weighted by Gasteiger charge is -2.18. The molecule has 0 aliphatic carbocycles. The minimum atomic E-state index is -0.662. The van der Waals surface area contributed by atoms with Gasteiger partial charge in [0.15, 0.2) is 0 Å². The second-order valence-corrected chi connectivity index (χ2v) is 4.89. The van der Waals surface area contributed by atoms with Crippen LogP contribution in [0.5, 0.6) is 0 Å². The van der Waals surface area contributed by atoms with Gasteiger partial charge in [0.1, 0.15) is 11.6 Å². The molecule has 0 aromatic heterocycles. The molecule has 2 amide bonds. The van der Waals surface area contributed by atoms with Crippen LogP contribution in [0.15, 0.2) is 42.5 Å². The topological polar surface area (TPSA) is 32.3 Å². The van der Waals surface area contributed by atoms with Gasteiger partial charge in [-0.2, -0.15) is 0 Å². The number of urea groups is 1. The fraction of sp³-hybridized carbons (Fsp3) is 0.188. The van der Waals surface area contributed by atoms with E-state index >= 15 is 0 Å². The van der Waals surface area contributed by atoms with E-state index in [1.807, 2.05) is 19.1 Å². The van der Waals surface area contributed by atoms with Crippen molar-refractivity contribution in [2.75, 3.05) is 12.4 Å². The number of aryl methyl sites for hydroxylation is 1. The van der Waals surface area contributed by atoms with E-state index in [1.165, 1.54) is 17.0 Å². The van der Waals surface area contributed by atoms with Crippen LogP contribution >= 0.6 is 0 Å². The first-order valence-corrected chi connectivity index (χ1v) is 6.48. The van der Waals surface area contributed by atoms with Crippen molar-refractivity contribution in [2.24, 2.45) is 0 Å². The Morgan fingerprint density at radius 1 is 1.14 bits per heavy atom. The van der Waals surface area contributed by atoms with Crippen LogP contribution < -0.4 is 5.32 Å².